The van der Waals surface area contributed by atoms with E-state index in [1.165, 1.54) is 6.20 Å². The van der Waals surface area contributed by atoms with Gasteiger partial charge in [-0.2, -0.15) is 0 Å². The number of anilines is 3. The Labute approximate surface area is 156 Å². The van der Waals surface area contributed by atoms with Crippen LogP contribution in [0.4, 0.5) is 17.2 Å². The largest absolute Gasteiger partial charge is 0.376 e. The highest BCUT2D eigenvalue weighted by atomic mass is 16.5. The summed E-state index contributed by atoms with van der Waals surface area (Å²) >= 11 is 0. The van der Waals surface area contributed by atoms with Crippen molar-refractivity contribution in [1.82, 2.24) is 9.97 Å². The minimum absolute atomic E-state index is 0.0241. The average Bonchev–Trinajstić information content (AvgIpc) is 3.19. The van der Waals surface area contributed by atoms with Crippen LogP contribution in [0.3, 0.4) is 0 Å². The minimum Gasteiger partial charge on any atom is -0.376 e. The molecule has 2 aromatic heterocycles. The smallest absolute Gasteiger partial charge is 0.257 e. The van der Waals surface area contributed by atoms with Gasteiger partial charge in [-0.25, -0.2) is 4.98 Å². The lowest BCUT2D eigenvalue weighted by atomic mass is 10.1. The second-order valence-corrected chi connectivity index (χ2v) is 6.73. The standard InChI is InChI=1S/C19H21N5O3/c1-12-4-5-14(9-20-12)23-19(26)13-7-16-18(21-8-13)22-10-17(25)24(16)11-15-3-2-6-27-15/h4-5,7-9,15H,2-3,6,10-11H2,1H3,(H,21,22)(H,23,26). The summed E-state index contributed by atoms with van der Waals surface area (Å²) in [5.74, 6) is 0.243. The van der Waals surface area contributed by atoms with Crippen LogP contribution in [-0.2, 0) is 9.53 Å². The van der Waals surface area contributed by atoms with Gasteiger partial charge in [0.2, 0.25) is 5.91 Å². The van der Waals surface area contributed by atoms with E-state index < -0.39 is 0 Å². The summed E-state index contributed by atoms with van der Waals surface area (Å²) in [5, 5.41) is 5.81. The Morgan fingerprint density at radius 3 is 3.00 bits per heavy atom. The molecule has 2 N–H and O–H groups in total. The molecule has 2 aliphatic rings. The molecule has 4 heterocycles. The first kappa shape index (κ1) is 17.4. The third-order valence-electron chi connectivity index (χ3n) is 4.71. The Balaban J connectivity index is 1.56. The zero-order valence-electron chi connectivity index (χ0n) is 15.1. The van der Waals surface area contributed by atoms with Gasteiger partial charge in [0.05, 0.1) is 42.3 Å². The molecule has 0 radical (unpaired) electrons. The summed E-state index contributed by atoms with van der Waals surface area (Å²) in [7, 11) is 0. The van der Waals surface area contributed by atoms with E-state index in [0.717, 1.165) is 25.1 Å². The predicted molar refractivity (Wildman–Crippen MR) is 101 cm³/mol. The van der Waals surface area contributed by atoms with E-state index in [4.69, 9.17) is 4.74 Å². The van der Waals surface area contributed by atoms with E-state index >= 15 is 0 Å². The van der Waals surface area contributed by atoms with Gasteiger partial charge in [-0.15, -0.1) is 0 Å². The van der Waals surface area contributed by atoms with Crippen LogP contribution in [0.2, 0.25) is 0 Å². The monoisotopic (exact) mass is 367 g/mol. The fraction of sp³-hybridized carbons (Fsp3) is 0.368. The lowest BCUT2D eigenvalue weighted by molar-refractivity contribution is -0.117. The molecule has 140 valence electrons. The van der Waals surface area contributed by atoms with Gasteiger partial charge < -0.3 is 20.3 Å². The Kier molecular flexibility index (Phi) is 4.72. The molecule has 1 unspecified atom stereocenters. The maximum absolute atomic E-state index is 12.6. The molecule has 0 aliphatic carbocycles. The van der Waals surface area contributed by atoms with Crippen LogP contribution < -0.4 is 15.5 Å². The molecule has 1 fully saturated rings. The highest BCUT2D eigenvalue weighted by molar-refractivity contribution is 6.07. The van der Waals surface area contributed by atoms with Crippen molar-refractivity contribution in [2.45, 2.75) is 25.9 Å². The molecule has 0 aromatic carbocycles. The van der Waals surface area contributed by atoms with E-state index in [9.17, 15) is 9.59 Å². The van der Waals surface area contributed by atoms with Crippen molar-refractivity contribution in [3.05, 3.63) is 41.9 Å². The summed E-state index contributed by atoms with van der Waals surface area (Å²) in [5.41, 5.74) is 2.46. The van der Waals surface area contributed by atoms with Crippen LogP contribution in [0.5, 0.6) is 0 Å². The lowest BCUT2D eigenvalue weighted by Gasteiger charge is -2.31. The molecule has 8 heteroatoms. The first-order valence-electron chi connectivity index (χ1n) is 9.00. The van der Waals surface area contributed by atoms with E-state index in [2.05, 4.69) is 20.6 Å². The summed E-state index contributed by atoms with van der Waals surface area (Å²) in [6, 6.07) is 5.31. The Morgan fingerprint density at radius 2 is 2.26 bits per heavy atom. The number of amides is 2. The van der Waals surface area contributed by atoms with Gasteiger partial charge in [0.15, 0.2) is 0 Å². The SMILES string of the molecule is Cc1ccc(NC(=O)c2cnc3c(c2)N(CC2CCCO2)C(=O)CN3)cn1. The van der Waals surface area contributed by atoms with Crippen molar-refractivity contribution < 1.29 is 14.3 Å². The second-order valence-electron chi connectivity index (χ2n) is 6.73. The Hall–Kier alpha value is -3.00. The van der Waals surface area contributed by atoms with Gasteiger partial charge in [-0.1, -0.05) is 0 Å². The van der Waals surface area contributed by atoms with Gasteiger partial charge >= 0.3 is 0 Å². The van der Waals surface area contributed by atoms with E-state index in [0.29, 0.717) is 29.3 Å². The Bertz CT molecular complexity index is 862. The fourth-order valence-electron chi connectivity index (χ4n) is 3.25. The number of hydrogen-bond donors (Lipinski definition) is 2. The highest BCUT2D eigenvalue weighted by Gasteiger charge is 2.29. The normalized spacial score (nSPS) is 18.8. The molecule has 8 nitrogen and oxygen atoms in total. The number of nitrogens with zero attached hydrogens (tertiary/aromatic N) is 3. The molecule has 2 aromatic rings. The summed E-state index contributed by atoms with van der Waals surface area (Å²) in [6.07, 6.45) is 5.07. The zero-order valence-corrected chi connectivity index (χ0v) is 15.1. The van der Waals surface area contributed by atoms with Crippen molar-refractivity contribution in [2.24, 2.45) is 0 Å². The molecule has 0 spiro atoms. The fourth-order valence-corrected chi connectivity index (χ4v) is 3.25. The zero-order chi connectivity index (χ0) is 18.8. The van der Waals surface area contributed by atoms with Gasteiger partial charge in [-0.05, 0) is 38.0 Å². The number of pyridine rings is 2. The molecule has 2 aliphatic heterocycles. The molecule has 1 saturated heterocycles. The van der Waals surface area contributed by atoms with E-state index in [1.54, 1.807) is 23.2 Å². The van der Waals surface area contributed by atoms with Crippen molar-refractivity contribution in [1.29, 1.82) is 0 Å². The van der Waals surface area contributed by atoms with Gasteiger partial charge in [0.25, 0.3) is 5.91 Å². The second kappa shape index (κ2) is 7.32. The quantitative estimate of drug-likeness (QED) is 0.858. The third-order valence-corrected chi connectivity index (χ3v) is 4.71. The number of fused-ring (bicyclic) bond motifs is 1. The van der Waals surface area contributed by atoms with Crippen molar-refractivity contribution in [3.63, 3.8) is 0 Å². The molecule has 2 amide bonds. The van der Waals surface area contributed by atoms with Crippen molar-refractivity contribution >= 4 is 29.0 Å². The number of carbonyl (C=O) groups is 2. The van der Waals surface area contributed by atoms with Crippen LogP contribution in [0.25, 0.3) is 0 Å². The summed E-state index contributed by atoms with van der Waals surface area (Å²) < 4.78 is 5.66. The maximum Gasteiger partial charge on any atom is 0.257 e. The maximum atomic E-state index is 12.6. The van der Waals surface area contributed by atoms with Crippen LogP contribution in [0.15, 0.2) is 30.6 Å². The molecule has 0 bridgehead atoms. The molecule has 1 atom stereocenters. The summed E-state index contributed by atoms with van der Waals surface area (Å²) in [4.78, 5) is 35.2. The van der Waals surface area contributed by atoms with Crippen LogP contribution in [0, 0.1) is 6.92 Å². The predicted octanol–water partition coefficient (Wildman–Crippen LogP) is 1.97. The minimum atomic E-state index is -0.300. The third kappa shape index (κ3) is 3.75. The van der Waals surface area contributed by atoms with Crippen LogP contribution >= 0.6 is 0 Å². The van der Waals surface area contributed by atoms with Gasteiger partial charge in [0.1, 0.15) is 5.82 Å². The molecule has 4 rings (SSSR count). The number of nitrogens with one attached hydrogen (secondary N) is 2. The van der Waals surface area contributed by atoms with E-state index in [-0.39, 0.29) is 24.5 Å². The number of ether oxygens (including phenoxy) is 1. The topological polar surface area (TPSA) is 96.5 Å². The number of hydrogen-bond acceptors (Lipinski definition) is 6. The number of rotatable bonds is 4. The van der Waals surface area contributed by atoms with Crippen molar-refractivity contribution in [2.75, 3.05) is 35.2 Å². The van der Waals surface area contributed by atoms with E-state index in [1.807, 2.05) is 13.0 Å². The first-order chi connectivity index (χ1) is 13.1. The highest BCUT2D eigenvalue weighted by Crippen LogP contribution is 2.30. The van der Waals surface area contributed by atoms with Gasteiger partial charge in [0, 0.05) is 18.5 Å². The number of aryl methyl sites for hydroxylation is 1. The Morgan fingerprint density at radius 1 is 1.37 bits per heavy atom. The number of carbonyl (C=O) groups excluding carboxylic acids is 2. The van der Waals surface area contributed by atoms with Crippen molar-refractivity contribution in [3.8, 4) is 0 Å². The van der Waals surface area contributed by atoms with Crippen LogP contribution in [0.1, 0.15) is 28.9 Å². The van der Waals surface area contributed by atoms with Gasteiger partial charge in [-0.3, -0.25) is 14.6 Å². The molecular weight excluding hydrogens is 346 g/mol. The molecule has 0 saturated carbocycles. The lowest BCUT2D eigenvalue weighted by Crippen LogP contribution is -2.44. The average molecular weight is 367 g/mol. The number of aromatic nitrogens is 2. The molecular formula is C19H21N5O3. The summed E-state index contributed by atoms with van der Waals surface area (Å²) in [6.45, 7) is 3.27. The first-order valence-corrected chi connectivity index (χ1v) is 9.00. The van der Waals surface area contributed by atoms with Crippen LogP contribution in [-0.4, -0.2) is 47.6 Å². The molecule has 27 heavy (non-hydrogen) atoms.